The third-order valence-electron chi connectivity index (χ3n) is 3.50. The van der Waals surface area contributed by atoms with Crippen molar-refractivity contribution in [1.82, 2.24) is 4.90 Å². The number of nitrogens with two attached hydrogens (primary N) is 1. The summed E-state index contributed by atoms with van der Waals surface area (Å²) in [6.07, 6.45) is 2.99. The molecule has 1 atom stereocenters. The van der Waals surface area contributed by atoms with Crippen LogP contribution in [0.3, 0.4) is 0 Å². The quantitative estimate of drug-likeness (QED) is 0.654. The van der Waals surface area contributed by atoms with E-state index in [1.54, 1.807) is 0 Å². The number of carbonyl (C=O) groups excluding carboxylic acids is 1. The summed E-state index contributed by atoms with van der Waals surface area (Å²) < 4.78 is 5.62. The van der Waals surface area contributed by atoms with Crippen LogP contribution in [0.5, 0.6) is 5.75 Å². The smallest absolute Gasteiger partial charge is 0.225 e. The van der Waals surface area contributed by atoms with Crippen LogP contribution < -0.4 is 10.5 Å². The van der Waals surface area contributed by atoms with Crippen LogP contribution in [0, 0.1) is 5.92 Å². The molecule has 1 unspecified atom stereocenters. The van der Waals surface area contributed by atoms with E-state index >= 15 is 0 Å². The number of carbonyl (C=O) groups is 1. The highest BCUT2D eigenvalue weighted by Gasteiger charge is 2.24. The van der Waals surface area contributed by atoms with Gasteiger partial charge in [-0.3, -0.25) is 4.79 Å². The molecule has 0 bridgehead atoms. The normalized spacial score (nSPS) is 19.5. The number of anilines is 1. The van der Waals surface area contributed by atoms with Crippen molar-refractivity contribution < 1.29 is 9.53 Å². The molecule has 1 heterocycles. The van der Waals surface area contributed by atoms with E-state index in [4.69, 9.17) is 10.5 Å². The van der Waals surface area contributed by atoms with Gasteiger partial charge in [0.1, 0.15) is 5.75 Å². The van der Waals surface area contributed by atoms with E-state index in [1.807, 2.05) is 36.1 Å². The topological polar surface area (TPSA) is 55.6 Å². The second-order valence-electron chi connectivity index (χ2n) is 5.14. The molecule has 0 radical (unpaired) electrons. The Kier molecular flexibility index (Phi) is 4.66. The number of rotatable bonds is 5. The first kappa shape index (κ1) is 13.7. The summed E-state index contributed by atoms with van der Waals surface area (Å²) in [5.41, 5.74) is 6.39. The molecule has 19 heavy (non-hydrogen) atoms. The highest BCUT2D eigenvalue weighted by molar-refractivity contribution is 5.79. The average Bonchev–Trinajstić information content (AvgIpc) is 2.39. The zero-order valence-corrected chi connectivity index (χ0v) is 11.5. The minimum absolute atomic E-state index is 0.184. The summed E-state index contributed by atoms with van der Waals surface area (Å²) in [7, 11) is 0. The molecule has 0 aliphatic carbocycles. The number of hydrogen-bond acceptors (Lipinski definition) is 3. The van der Waals surface area contributed by atoms with Gasteiger partial charge >= 0.3 is 0 Å². The van der Waals surface area contributed by atoms with Gasteiger partial charge in [-0.1, -0.05) is 13.0 Å². The second-order valence-corrected chi connectivity index (χ2v) is 5.14. The lowest BCUT2D eigenvalue weighted by molar-refractivity contribution is -0.137. The molecule has 104 valence electrons. The number of hydrogen-bond donors (Lipinski definition) is 1. The summed E-state index contributed by atoms with van der Waals surface area (Å²) in [5, 5.41) is 0. The molecule has 1 fully saturated rings. The minimum Gasteiger partial charge on any atom is -0.493 e. The Bertz CT molecular complexity index is 434. The Morgan fingerprint density at radius 2 is 2.32 bits per heavy atom. The minimum atomic E-state index is 0.184. The molecule has 1 aromatic carbocycles. The lowest BCUT2D eigenvalue weighted by Gasteiger charge is -2.30. The van der Waals surface area contributed by atoms with Crippen LogP contribution >= 0.6 is 0 Å². The van der Waals surface area contributed by atoms with Gasteiger partial charge in [0.2, 0.25) is 5.91 Å². The van der Waals surface area contributed by atoms with E-state index in [0.29, 0.717) is 12.3 Å². The van der Waals surface area contributed by atoms with Gasteiger partial charge in [-0.15, -0.1) is 0 Å². The lowest BCUT2D eigenvalue weighted by atomic mass is 9.99. The van der Waals surface area contributed by atoms with Crippen molar-refractivity contribution in [3.05, 3.63) is 24.3 Å². The number of amides is 1. The number of nitrogen functional groups attached to an aromatic ring is 1. The highest BCUT2D eigenvalue weighted by Crippen LogP contribution is 2.18. The molecule has 1 amide bonds. The van der Waals surface area contributed by atoms with Crippen molar-refractivity contribution >= 4 is 11.6 Å². The molecule has 0 saturated carbocycles. The number of nitrogens with zero attached hydrogens (tertiary/aromatic N) is 1. The fraction of sp³-hybridized carbons (Fsp3) is 0.533. The summed E-state index contributed by atoms with van der Waals surface area (Å²) in [5.74, 6) is 1.26. The maximum Gasteiger partial charge on any atom is 0.225 e. The van der Waals surface area contributed by atoms with Gasteiger partial charge in [0.05, 0.1) is 6.61 Å². The van der Waals surface area contributed by atoms with E-state index in [0.717, 1.165) is 38.1 Å². The summed E-state index contributed by atoms with van der Waals surface area (Å²) >= 11 is 0. The highest BCUT2D eigenvalue weighted by atomic mass is 16.5. The summed E-state index contributed by atoms with van der Waals surface area (Å²) in [6, 6.07) is 7.42. The number of piperidine rings is 1. The average molecular weight is 262 g/mol. The van der Waals surface area contributed by atoms with Crippen LogP contribution in [0.1, 0.15) is 26.2 Å². The molecule has 1 aromatic rings. The van der Waals surface area contributed by atoms with Gasteiger partial charge in [-0.25, -0.2) is 0 Å². The van der Waals surface area contributed by atoms with Gasteiger partial charge in [0.15, 0.2) is 0 Å². The second kappa shape index (κ2) is 6.45. The van der Waals surface area contributed by atoms with Crippen LogP contribution in [0.25, 0.3) is 0 Å². The molecule has 2 rings (SSSR count). The number of ether oxygens (including phenoxy) is 1. The standard InChI is InChI=1S/C15H22N2O2/c1-12-5-3-8-17(15(12)18)9-4-10-19-14-7-2-6-13(16)11-14/h2,6-7,11-12H,3-5,8-10,16H2,1H3. The molecule has 0 spiro atoms. The largest absolute Gasteiger partial charge is 0.493 e. The zero-order chi connectivity index (χ0) is 13.7. The van der Waals surface area contributed by atoms with E-state index in [2.05, 4.69) is 0 Å². The van der Waals surface area contributed by atoms with E-state index in [9.17, 15) is 4.79 Å². The predicted molar refractivity (Wildman–Crippen MR) is 75.9 cm³/mol. The fourth-order valence-corrected chi connectivity index (χ4v) is 2.41. The third kappa shape index (κ3) is 3.88. The Morgan fingerprint density at radius 1 is 1.47 bits per heavy atom. The van der Waals surface area contributed by atoms with Gasteiger partial charge in [-0.2, -0.15) is 0 Å². The molecule has 2 N–H and O–H groups in total. The van der Waals surface area contributed by atoms with Gasteiger partial charge in [0, 0.05) is 30.8 Å². The fourth-order valence-electron chi connectivity index (χ4n) is 2.41. The van der Waals surface area contributed by atoms with Crippen molar-refractivity contribution in [3.63, 3.8) is 0 Å². The number of benzene rings is 1. The Labute approximate surface area is 114 Å². The van der Waals surface area contributed by atoms with Gasteiger partial charge in [-0.05, 0) is 31.4 Å². The molecule has 1 aliphatic heterocycles. The molecular weight excluding hydrogens is 240 g/mol. The van der Waals surface area contributed by atoms with Gasteiger partial charge in [0.25, 0.3) is 0 Å². The maximum atomic E-state index is 11.9. The van der Waals surface area contributed by atoms with Crippen LogP contribution in [0.15, 0.2) is 24.3 Å². The third-order valence-corrected chi connectivity index (χ3v) is 3.50. The SMILES string of the molecule is CC1CCCN(CCCOc2cccc(N)c2)C1=O. The van der Waals surface area contributed by atoms with E-state index < -0.39 is 0 Å². The van der Waals surface area contributed by atoms with Crippen molar-refractivity contribution in [3.8, 4) is 5.75 Å². The first-order chi connectivity index (χ1) is 9.16. The van der Waals surface area contributed by atoms with Crippen LogP contribution in [0.4, 0.5) is 5.69 Å². The Balaban J connectivity index is 1.70. The van der Waals surface area contributed by atoms with E-state index in [-0.39, 0.29) is 11.8 Å². The molecule has 4 nitrogen and oxygen atoms in total. The lowest BCUT2D eigenvalue weighted by Crippen LogP contribution is -2.41. The Morgan fingerprint density at radius 3 is 3.11 bits per heavy atom. The zero-order valence-electron chi connectivity index (χ0n) is 11.5. The predicted octanol–water partition coefficient (Wildman–Crippen LogP) is 2.30. The first-order valence-electron chi connectivity index (χ1n) is 6.94. The van der Waals surface area contributed by atoms with Crippen molar-refractivity contribution in [1.29, 1.82) is 0 Å². The van der Waals surface area contributed by atoms with Gasteiger partial charge < -0.3 is 15.4 Å². The Hall–Kier alpha value is -1.71. The van der Waals surface area contributed by atoms with Crippen molar-refractivity contribution in [2.45, 2.75) is 26.2 Å². The number of likely N-dealkylation sites (tertiary alicyclic amines) is 1. The molecule has 4 heteroatoms. The molecule has 0 aromatic heterocycles. The molecule has 1 aliphatic rings. The molecular formula is C15H22N2O2. The summed E-state index contributed by atoms with van der Waals surface area (Å²) in [4.78, 5) is 13.9. The van der Waals surface area contributed by atoms with Crippen LogP contribution in [0.2, 0.25) is 0 Å². The summed E-state index contributed by atoms with van der Waals surface area (Å²) in [6.45, 7) is 4.30. The van der Waals surface area contributed by atoms with Crippen molar-refractivity contribution in [2.75, 3.05) is 25.4 Å². The van der Waals surface area contributed by atoms with Crippen LogP contribution in [-0.2, 0) is 4.79 Å². The first-order valence-corrected chi connectivity index (χ1v) is 6.94. The van der Waals surface area contributed by atoms with Crippen molar-refractivity contribution in [2.24, 2.45) is 5.92 Å². The molecule has 1 saturated heterocycles. The monoisotopic (exact) mass is 262 g/mol. The maximum absolute atomic E-state index is 11.9. The van der Waals surface area contributed by atoms with Crippen LogP contribution in [-0.4, -0.2) is 30.5 Å². The van der Waals surface area contributed by atoms with E-state index in [1.165, 1.54) is 0 Å².